The standard InChI is InChI=1S/C16H26O/c1-11-12(10-17)8-15(4)7-5-6-14(2,3)16(15)9-13(11)16/h13,17H,5-10H2,1-4H3/t13-,15-,16-/m0/s1. The van der Waals surface area contributed by atoms with Crippen LogP contribution in [0.4, 0.5) is 0 Å². The third-order valence-electron chi connectivity index (χ3n) is 6.65. The topological polar surface area (TPSA) is 20.2 Å². The molecule has 1 heteroatoms. The monoisotopic (exact) mass is 234 g/mol. The number of hydrogen-bond acceptors (Lipinski definition) is 1. The molecule has 96 valence electrons. The molecule has 0 unspecified atom stereocenters. The van der Waals surface area contributed by atoms with E-state index in [1.54, 1.807) is 0 Å². The van der Waals surface area contributed by atoms with Crippen molar-refractivity contribution in [1.82, 2.24) is 0 Å². The Labute approximate surface area is 105 Å². The molecule has 3 atom stereocenters. The third-order valence-corrected chi connectivity index (χ3v) is 6.65. The van der Waals surface area contributed by atoms with Crippen LogP contribution in [-0.4, -0.2) is 11.7 Å². The Morgan fingerprint density at radius 2 is 1.94 bits per heavy atom. The van der Waals surface area contributed by atoms with Crippen LogP contribution >= 0.6 is 0 Å². The molecule has 2 saturated carbocycles. The molecular weight excluding hydrogens is 208 g/mol. The number of aliphatic hydroxyl groups is 1. The van der Waals surface area contributed by atoms with Gasteiger partial charge in [-0.3, -0.25) is 0 Å². The Hall–Kier alpha value is -0.300. The van der Waals surface area contributed by atoms with E-state index in [-0.39, 0.29) is 6.61 Å². The summed E-state index contributed by atoms with van der Waals surface area (Å²) in [7, 11) is 0. The summed E-state index contributed by atoms with van der Waals surface area (Å²) in [6, 6.07) is 0. The zero-order valence-corrected chi connectivity index (χ0v) is 11.8. The second-order valence-electron chi connectivity index (χ2n) is 7.65. The van der Waals surface area contributed by atoms with Crippen molar-refractivity contribution >= 4 is 0 Å². The van der Waals surface area contributed by atoms with Crippen molar-refractivity contribution in [1.29, 1.82) is 0 Å². The second-order valence-corrected chi connectivity index (χ2v) is 7.65. The van der Waals surface area contributed by atoms with Gasteiger partial charge in [0, 0.05) is 0 Å². The van der Waals surface area contributed by atoms with Gasteiger partial charge in [-0.25, -0.2) is 0 Å². The van der Waals surface area contributed by atoms with Crippen molar-refractivity contribution in [2.24, 2.45) is 22.2 Å². The molecule has 3 rings (SSSR count). The zero-order valence-electron chi connectivity index (χ0n) is 11.8. The van der Waals surface area contributed by atoms with Crippen LogP contribution in [0.3, 0.4) is 0 Å². The van der Waals surface area contributed by atoms with Crippen LogP contribution in [0.2, 0.25) is 0 Å². The number of rotatable bonds is 1. The lowest BCUT2D eigenvalue weighted by Gasteiger charge is -2.55. The van der Waals surface area contributed by atoms with Gasteiger partial charge in [0.05, 0.1) is 6.61 Å². The van der Waals surface area contributed by atoms with Crippen LogP contribution in [0.1, 0.15) is 59.8 Å². The molecule has 0 heterocycles. The zero-order chi connectivity index (χ0) is 12.5. The third kappa shape index (κ3) is 1.19. The minimum atomic E-state index is 0.286. The molecule has 1 spiro atoms. The largest absolute Gasteiger partial charge is 0.392 e. The van der Waals surface area contributed by atoms with E-state index in [9.17, 15) is 5.11 Å². The summed E-state index contributed by atoms with van der Waals surface area (Å²) in [5.41, 5.74) is 4.38. The molecule has 0 saturated heterocycles. The fraction of sp³-hybridized carbons (Fsp3) is 0.875. The van der Waals surface area contributed by atoms with E-state index in [0.29, 0.717) is 16.2 Å². The summed E-state index contributed by atoms with van der Waals surface area (Å²) < 4.78 is 0. The fourth-order valence-electron chi connectivity index (χ4n) is 5.67. The molecule has 0 aliphatic heterocycles. The van der Waals surface area contributed by atoms with Crippen molar-refractivity contribution < 1.29 is 5.11 Å². The van der Waals surface area contributed by atoms with Crippen molar-refractivity contribution in [2.45, 2.75) is 59.8 Å². The lowest BCUT2D eigenvalue weighted by atomic mass is 9.49. The first-order chi connectivity index (χ1) is 7.88. The van der Waals surface area contributed by atoms with Crippen LogP contribution in [-0.2, 0) is 0 Å². The van der Waals surface area contributed by atoms with Crippen LogP contribution in [0.5, 0.6) is 0 Å². The smallest absolute Gasteiger partial charge is 0.0644 e. The minimum absolute atomic E-state index is 0.286. The first-order valence-corrected chi connectivity index (χ1v) is 7.17. The summed E-state index contributed by atoms with van der Waals surface area (Å²) in [4.78, 5) is 0. The Morgan fingerprint density at radius 1 is 1.24 bits per heavy atom. The summed E-state index contributed by atoms with van der Waals surface area (Å²) in [6.45, 7) is 10.0. The van der Waals surface area contributed by atoms with Gasteiger partial charge in [-0.1, -0.05) is 32.8 Å². The minimum Gasteiger partial charge on any atom is -0.392 e. The molecule has 0 radical (unpaired) electrons. The van der Waals surface area contributed by atoms with Gasteiger partial charge in [-0.15, -0.1) is 0 Å². The Morgan fingerprint density at radius 3 is 2.59 bits per heavy atom. The molecule has 1 nitrogen and oxygen atoms in total. The van der Waals surface area contributed by atoms with Crippen molar-refractivity contribution in [3.05, 3.63) is 11.1 Å². The molecule has 0 aromatic heterocycles. The maximum atomic E-state index is 9.57. The Bertz CT molecular complexity index is 392. The molecule has 1 N–H and O–H groups in total. The lowest BCUT2D eigenvalue weighted by Crippen LogP contribution is -2.47. The van der Waals surface area contributed by atoms with Gasteiger partial charge in [-0.05, 0) is 60.3 Å². The van der Waals surface area contributed by atoms with Crippen molar-refractivity contribution in [3.8, 4) is 0 Å². The van der Waals surface area contributed by atoms with Gasteiger partial charge in [0.25, 0.3) is 0 Å². The van der Waals surface area contributed by atoms with Crippen molar-refractivity contribution in [3.63, 3.8) is 0 Å². The molecule has 0 aromatic carbocycles. The van der Waals surface area contributed by atoms with Crippen LogP contribution < -0.4 is 0 Å². The summed E-state index contributed by atoms with van der Waals surface area (Å²) >= 11 is 0. The molecular formula is C16H26O. The quantitative estimate of drug-likeness (QED) is 0.682. The highest BCUT2D eigenvalue weighted by atomic mass is 16.3. The highest BCUT2D eigenvalue weighted by Crippen LogP contribution is 2.81. The maximum Gasteiger partial charge on any atom is 0.0644 e. The summed E-state index contributed by atoms with van der Waals surface area (Å²) in [5.74, 6) is 0.777. The normalized spacial score (nSPS) is 47.5. The van der Waals surface area contributed by atoms with Gasteiger partial charge < -0.3 is 5.11 Å². The average molecular weight is 234 g/mol. The van der Waals surface area contributed by atoms with Crippen molar-refractivity contribution in [2.75, 3.05) is 6.61 Å². The molecule has 17 heavy (non-hydrogen) atoms. The second kappa shape index (κ2) is 3.17. The number of hydrogen-bond donors (Lipinski definition) is 1. The van der Waals surface area contributed by atoms with Gasteiger partial charge in [0.2, 0.25) is 0 Å². The predicted octanol–water partition coefficient (Wildman–Crippen LogP) is 3.92. The molecule has 0 amide bonds. The molecule has 3 aliphatic rings. The highest BCUT2D eigenvalue weighted by molar-refractivity contribution is 5.37. The Balaban J connectivity index is 2.09. The number of allylic oxidation sites excluding steroid dienone is 1. The first kappa shape index (κ1) is 11.8. The van der Waals surface area contributed by atoms with Gasteiger partial charge in [0.1, 0.15) is 0 Å². The molecule has 0 bridgehead atoms. The predicted molar refractivity (Wildman–Crippen MR) is 70.7 cm³/mol. The van der Waals surface area contributed by atoms with Crippen LogP contribution in [0.15, 0.2) is 11.1 Å². The lowest BCUT2D eigenvalue weighted by molar-refractivity contribution is -0.0388. The van der Waals surface area contributed by atoms with Gasteiger partial charge in [0.15, 0.2) is 0 Å². The van der Waals surface area contributed by atoms with E-state index in [0.717, 1.165) is 12.3 Å². The fourth-order valence-corrected chi connectivity index (χ4v) is 5.67. The van der Waals surface area contributed by atoms with Gasteiger partial charge in [-0.2, -0.15) is 0 Å². The van der Waals surface area contributed by atoms with Crippen LogP contribution in [0.25, 0.3) is 0 Å². The summed E-state index contributed by atoms with van der Waals surface area (Å²) in [6.07, 6.45) is 6.65. The van der Waals surface area contributed by atoms with E-state index < -0.39 is 0 Å². The van der Waals surface area contributed by atoms with E-state index in [1.165, 1.54) is 36.8 Å². The molecule has 2 fully saturated rings. The molecule has 0 aromatic rings. The SMILES string of the molecule is CC1=C(CO)C[C@]2(C)CCCC(C)(C)[C@@]23C[C@@H]13. The average Bonchev–Trinajstić information content (AvgIpc) is 3.00. The van der Waals surface area contributed by atoms with E-state index in [2.05, 4.69) is 27.7 Å². The number of aliphatic hydroxyl groups excluding tert-OH is 1. The van der Waals surface area contributed by atoms with E-state index >= 15 is 0 Å². The summed E-state index contributed by atoms with van der Waals surface area (Å²) in [5, 5.41) is 9.57. The van der Waals surface area contributed by atoms with E-state index in [1.807, 2.05) is 0 Å². The first-order valence-electron chi connectivity index (χ1n) is 7.17. The van der Waals surface area contributed by atoms with E-state index in [4.69, 9.17) is 0 Å². The highest BCUT2D eigenvalue weighted by Gasteiger charge is 2.73. The van der Waals surface area contributed by atoms with Crippen LogP contribution in [0, 0.1) is 22.2 Å². The molecule has 3 aliphatic carbocycles. The van der Waals surface area contributed by atoms with Gasteiger partial charge >= 0.3 is 0 Å². The Kier molecular flexibility index (Phi) is 2.20. The maximum absolute atomic E-state index is 9.57.